The highest BCUT2D eigenvalue weighted by molar-refractivity contribution is 9.10. The second-order valence-corrected chi connectivity index (χ2v) is 6.10. The Balaban J connectivity index is 1.91. The van der Waals surface area contributed by atoms with Crippen LogP contribution in [0, 0.1) is 5.82 Å². The Morgan fingerprint density at radius 3 is 2.58 bits per heavy atom. The Morgan fingerprint density at radius 2 is 1.92 bits per heavy atom. The van der Waals surface area contributed by atoms with Gasteiger partial charge in [0, 0.05) is 5.92 Å². The first-order valence-corrected chi connectivity index (χ1v) is 7.72. The van der Waals surface area contributed by atoms with E-state index in [2.05, 4.69) is 30.6 Å². The Labute approximate surface area is 142 Å². The van der Waals surface area contributed by atoms with Gasteiger partial charge in [0.2, 0.25) is 0 Å². The number of hydrogen-bond acceptors (Lipinski definition) is 2. The molecule has 3 aromatic rings. The SMILES string of the molecule is CC(c1ccc(OC(F)(F)F)c(Br)c1)c1nc2ccc(F)cc2[nH]1. The average Bonchev–Trinajstić information content (AvgIpc) is 2.90. The highest BCUT2D eigenvalue weighted by Crippen LogP contribution is 2.34. The number of nitrogens with one attached hydrogen (secondary N) is 1. The van der Waals surface area contributed by atoms with E-state index in [1.807, 2.05) is 6.92 Å². The summed E-state index contributed by atoms with van der Waals surface area (Å²) in [6.07, 6.45) is -4.75. The van der Waals surface area contributed by atoms with Crippen LogP contribution in [0.25, 0.3) is 11.0 Å². The smallest absolute Gasteiger partial charge is 0.405 e. The molecular weight excluding hydrogens is 392 g/mol. The molecule has 24 heavy (non-hydrogen) atoms. The minimum Gasteiger partial charge on any atom is -0.405 e. The second kappa shape index (κ2) is 6.08. The van der Waals surface area contributed by atoms with E-state index in [1.165, 1.54) is 24.3 Å². The van der Waals surface area contributed by atoms with Crippen LogP contribution in [0.5, 0.6) is 5.75 Å². The van der Waals surface area contributed by atoms with Crippen LogP contribution in [-0.2, 0) is 0 Å². The van der Waals surface area contributed by atoms with E-state index < -0.39 is 6.36 Å². The number of benzene rings is 2. The van der Waals surface area contributed by atoms with Gasteiger partial charge in [-0.05, 0) is 51.8 Å². The fourth-order valence-electron chi connectivity index (χ4n) is 2.36. The molecule has 0 saturated heterocycles. The minimum atomic E-state index is -4.75. The first-order valence-electron chi connectivity index (χ1n) is 6.93. The summed E-state index contributed by atoms with van der Waals surface area (Å²) in [5, 5.41) is 0. The largest absolute Gasteiger partial charge is 0.573 e. The van der Waals surface area contributed by atoms with Gasteiger partial charge in [0.25, 0.3) is 0 Å². The summed E-state index contributed by atoms with van der Waals surface area (Å²) in [6.45, 7) is 1.85. The molecule has 0 radical (unpaired) electrons. The molecule has 2 aromatic carbocycles. The number of aromatic amines is 1. The second-order valence-electron chi connectivity index (χ2n) is 5.24. The van der Waals surface area contributed by atoms with Gasteiger partial charge in [-0.2, -0.15) is 0 Å². The summed E-state index contributed by atoms with van der Waals surface area (Å²) < 4.78 is 54.3. The number of H-pyrrole nitrogens is 1. The van der Waals surface area contributed by atoms with Crippen molar-refractivity contribution in [2.45, 2.75) is 19.2 Å². The van der Waals surface area contributed by atoms with Crippen molar-refractivity contribution in [3.05, 3.63) is 58.1 Å². The number of ether oxygens (including phenoxy) is 1. The van der Waals surface area contributed by atoms with Gasteiger partial charge in [-0.3, -0.25) is 0 Å². The maximum Gasteiger partial charge on any atom is 0.573 e. The molecule has 0 spiro atoms. The number of halogens is 5. The third kappa shape index (κ3) is 3.53. The minimum absolute atomic E-state index is 0.186. The number of aromatic nitrogens is 2. The lowest BCUT2D eigenvalue weighted by molar-refractivity contribution is -0.274. The summed E-state index contributed by atoms with van der Waals surface area (Å²) >= 11 is 3.08. The van der Waals surface area contributed by atoms with Crippen molar-refractivity contribution in [2.24, 2.45) is 0 Å². The summed E-state index contributed by atoms with van der Waals surface area (Å²) in [4.78, 5) is 7.42. The average molecular weight is 403 g/mol. The van der Waals surface area contributed by atoms with Crippen molar-refractivity contribution in [2.75, 3.05) is 0 Å². The molecule has 3 nitrogen and oxygen atoms in total. The molecule has 0 amide bonds. The predicted octanol–water partition coefficient (Wildman–Crippen LogP) is 5.51. The van der Waals surface area contributed by atoms with Crippen molar-refractivity contribution < 1.29 is 22.3 Å². The van der Waals surface area contributed by atoms with E-state index in [9.17, 15) is 17.6 Å². The molecule has 0 fully saturated rings. The Kier molecular flexibility index (Phi) is 4.25. The molecule has 0 aliphatic heterocycles. The summed E-state index contributed by atoms with van der Waals surface area (Å²) in [6, 6.07) is 8.54. The van der Waals surface area contributed by atoms with Crippen molar-refractivity contribution in [1.29, 1.82) is 0 Å². The van der Waals surface area contributed by atoms with Gasteiger partial charge < -0.3 is 9.72 Å². The van der Waals surface area contributed by atoms with Crippen molar-refractivity contribution >= 4 is 27.0 Å². The molecule has 0 aliphatic rings. The van der Waals surface area contributed by atoms with E-state index in [4.69, 9.17) is 0 Å². The lowest BCUT2D eigenvalue weighted by Crippen LogP contribution is -2.17. The number of alkyl halides is 3. The molecule has 0 aliphatic carbocycles. The van der Waals surface area contributed by atoms with Crippen LogP contribution in [-0.4, -0.2) is 16.3 Å². The lowest BCUT2D eigenvalue weighted by atomic mass is 10.0. The molecule has 1 unspecified atom stereocenters. The fourth-order valence-corrected chi connectivity index (χ4v) is 2.84. The van der Waals surface area contributed by atoms with Crippen molar-refractivity contribution in [3.8, 4) is 5.75 Å². The molecule has 0 saturated carbocycles. The molecule has 0 bridgehead atoms. The molecule has 3 rings (SSSR count). The van der Waals surface area contributed by atoms with Crippen LogP contribution in [0.1, 0.15) is 24.2 Å². The quantitative estimate of drug-likeness (QED) is 0.586. The molecule has 1 heterocycles. The monoisotopic (exact) mass is 402 g/mol. The van der Waals surface area contributed by atoms with Crippen molar-refractivity contribution in [1.82, 2.24) is 9.97 Å². The van der Waals surface area contributed by atoms with Gasteiger partial charge in [-0.25, -0.2) is 9.37 Å². The van der Waals surface area contributed by atoms with Crippen LogP contribution >= 0.6 is 15.9 Å². The lowest BCUT2D eigenvalue weighted by Gasteiger charge is -2.14. The highest BCUT2D eigenvalue weighted by atomic mass is 79.9. The van der Waals surface area contributed by atoms with Crippen LogP contribution < -0.4 is 4.74 Å². The molecule has 1 N–H and O–H groups in total. The number of fused-ring (bicyclic) bond motifs is 1. The fraction of sp³-hybridized carbons (Fsp3) is 0.188. The topological polar surface area (TPSA) is 37.9 Å². The molecule has 1 aromatic heterocycles. The summed E-state index contributed by atoms with van der Waals surface area (Å²) in [5.41, 5.74) is 1.92. The third-order valence-corrected chi connectivity index (χ3v) is 4.17. The van der Waals surface area contributed by atoms with Crippen LogP contribution in [0.2, 0.25) is 0 Å². The van der Waals surface area contributed by atoms with E-state index in [1.54, 1.807) is 12.1 Å². The van der Waals surface area contributed by atoms with Gasteiger partial charge in [0.1, 0.15) is 17.4 Å². The van der Waals surface area contributed by atoms with Gasteiger partial charge in [-0.15, -0.1) is 13.2 Å². The Morgan fingerprint density at radius 1 is 1.17 bits per heavy atom. The number of nitrogens with zero attached hydrogens (tertiary/aromatic N) is 1. The Hall–Kier alpha value is -2.09. The molecule has 126 valence electrons. The Bertz CT molecular complexity index is 891. The molecule has 1 atom stereocenters. The van der Waals surface area contributed by atoms with Crippen LogP contribution in [0.4, 0.5) is 17.6 Å². The molecular formula is C16H11BrF4N2O. The highest BCUT2D eigenvalue weighted by Gasteiger charge is 2.32. The van der Waals surface area contributed by atoms with Gasteiger partial charge in [-0.1, -0.05) is 13.0 Å². The van der Waals surface area contributed by atoms with Gasteiger partial charge in [0.05, 0.1) is 15.5 Å². The summed E-state index contributed by atoms with van der Waals surface area (Å²) in [5.74, 6) is -0.324. The predicted molar refractivity (Wildman–Crippen MR) is 84.4 cm³/mol. The van der Waals surface area contributed by atoms with E-state index in [0.29, 0.717) is 16.9 Å². The zero-order chi connectivity index (χ0) is 17.5. The maximum absolute atomic E-state index is 13.2. The van der Waals surface area contributed by atoms with Gasteiger partial charge in [0.15, 0.2) is 0 Å². The number of imidazole rings is 1. The first-order chi connectivity index (χ1) is 11.2. The summed E-state index contributed by atoms with van der Waals surface area (Å²) in [7, 11) is 0. The molecule has 8 heteroatoms. The standard InChI is InChI=1S/C16H11BrF4N2O/c1-8(15-22-12-4-3-10(18)7-13(12)23-15)9-2-5-14(11(17)6-9)24-16(19,20)21/h2-8H,1H3,(H,22,23). The van der Waals surface area contributed by atoms with Crippen molar-refractivity contribution in [3.63, 3.8) is 0 Å². The first kappa shape index (κ1) is 16.8. The van der Waals surface area contributed by atoms with E-state index in [0.717, 1.165) is 5.56 Å². The third-order valence-electron chi connectivity index (χ3n) is 3.55. The number of hydrogen-bond donors (Lipinski definition) is 1. The number of rotatable bonds is 3. The van der Waals surface area contributed by atoms with Gasteiger partial charge >= 0.3 is 6.36 Å². The maximum atomic E-state index is 13.2. The normalized spacial score (nSPS) is 13.2. The van der Waals surface area contributed by atoms with E-state index in [-0.39, 0.29) is 22.0 Å². The van der Waals surface area contributed by atoms with Crippen LogP contribution in [0.15, 0.2) is 40.9 Å². The zero-order valence-corrected chi connectivity index (χ0v) is 13.9. The zero-order valence-electron chi connectivity index (χ0n) is 12.3. The van der Waals surface area contributed by atoms with Crippen LogP contribution in [0.3, 0.4) is 0 Å². The van der Waals surface area contributed by atoms with E-state index >= 15 is 0 Å².